The van der Waals surface area contributed by atoms with E-state index in [4.69, 9.17) is 0 Å². The van der Waals surface area contributed by atoms with Crippen molar-refractivity contribution in [2.45, 2.75) is 50.9 Å². The highest BCUT2D eigenvalue weighted by molar-refractivity contribution is 6.04. The van der Waals surface area contributed by atoms with Gasteiger partial charge in [-0.3, -0.25) is 10.1 Å². The molecule has 0 unspecified atom stereocenters. The molecule has 0 radical (unpaired) electrons. The highest BCUT2D eigenvalue weighted by atomic mass is 19.4. The van der Waals surface area contributed by atoms with Gasteiger partial charge in [-0.05, 0) is 62.4 Å². The number of nitrogens with zero attached hydrogens (tertiary/aromatic N) is 2. The van der Waals surface area contributed by atoms with Gasteiger partial charge in [0.25, 0.3) is 5.91 Å². The Morgan fingerprint density at radius 2 is 1.83 bits per heavy atom. The number of nitrogens with one attached hydrogen (secondary N) is 1. The zero-order valence-corrected chi connectivity index (χ0v) is 16.4. The summed E-state index contributed by atoms with van der Waals surface area (Å²) < 4.78 is 41.0. The zero-order chi connectivity index (χ0) is 21.5. The first-order valence-electron chi connectivity index (χ1n) is 9.88. The SMILES string of the molecule is Cc1cccc2nc(NC(=O)c3cccc(C(F)(F)F)c3)n(C3CCC(O)CC3)c12. The van der Waals surface area contributed by atoms with Crippen molar-refractivity contribution in [3.8, 4) is 0 Å². The summed E-state index contributed by atoms with van der Waals surface area (Å²) in [5.74, 6) is -0.339. The predicted octanol–water partition coefficient (Wildman–Crippen LogP) is 5.09. The minimum atomic E-state index is -4.52. The topological polar surface area (TPSA) is 67.2 Å². The number of carbonyl (C=O) groups excluding carboxylic acids is 1. The van der Waals surface area contributed by atoms with Crippen LogP contribution in [-0.4, -0.2) is 26.7 Å². The lowest BCUT2D eigenvalue weighted by atomic mass is 9.92. The number of fused-ring (bicyclic) bond motifs is 1. The van der Waals surface area contributed by atoms with Gasteiger partial charge in [-0.1, -0.05) is 18.2 Å². The van der Waals surface area contributed by atoms with Crippen molar-refractivity contribution < 1.29 is 23.1 Å². The van der Waals surface area contributed by atoms with Crippen LogP contribution >= 0.6 is 0 Å². The number of aliphatic hydroxyl groups is 1. The van der Waals surface area contributed by atoms with Gasteiger partial charge < -0.3 is 9.67 Å². The van der Waals surface area contributed by atoms with Crippen LogP contribution in [0.3, 0.4) is 0 Å². The number of hydrogen-bond donors (Lipinski definition) is 2. The lowest BCUT2D eigenvalue weighted by molar-refractivity contribution is -0.137. The molecule has 1 saturated carbocycles. The Kier molecular flexibility index (Phi) is 5.27. The van der Waals surface area contributed by atoms with Crippen molar-refractivity contribution in [1.82, 2.24) is 9.55 Å². The Bertz CT molecular complexity index is 1080. The Balaban J connectivity index is 1.71. The summed E-state index contributed by atoms with van der Waals surface area (Å²) in [6.45, 7) is 1.95. The number of rotatable bonds is 3. The number of halogens is 3. The number of hydrogen-bond acceptors (Lipinski definition) is 3. The van der Waals surface area contributed by atoms with Crippen LogP contribution in [0.15, 0.2) is 42.5 Å². The van der Waals surface area contributed by atoms with E-state index in [-0.39, 0.29) is 17.7 Å². The highest BCUT2D eigenvalue weighted by Crippen LogP contribution is 2.36. The molecule has 8 heteroatoms. The number of aliphatic hydroxyl groups excluding tert-OH is 1. The molecule has 4 rings (SSSR count). The minimum absolute atomic E-state index is 0.0382. The van der Waals surface area contributed by atoms with E-state index in [1.165, 1.54) is 12.1 Å². The van der Waals surface area contributed by atoms with Crippen LogP contribution in [0.1, 0.15) is 53.2 Å². The first-order valence-corrected chi connectivity index (χ1v) is 9.88. The maximum absolute atomic E-state index is 13.0. The van der Waals surface area contributed by atoms with Gasteiger partial charge in [-0.15, -0.1) is 0 Å². The molecular formula is C22H22F3N3O2. The number of anilines is 1. The lowest BCUT2D eigenvalue weighted by Gasteiger charge is -2.28. The van der Waals surface area contributed by atoms with E-state index < -0.39 is 17.6 Å². The summed E-state index contributed by atoms with van der Waals surface area (Å²) in [6.07, 6.45) is -2.10. The maximum atomic E-state index is 13.0. The number of imidazole rings is 1. The van der Waals surface area contributed by atoms with Gasteiger partial charge in [-0.2, -0.15) is 13.2 Å². The summed E-state index contributed by atoms with van der Waals surface area (Å²) in [5, 5.41) is 12.6. The average Bonchev–Trinajstić information content (AvgIpc) is 3.07. The fourth-order valence-corrected chi connectivity index (χ4v) is 4.09. The molecule has 0 saturated heterocycles. The second kappa shape index (κ2) is 7.75. The number of aryl methyl sites for hydroxylation is 1. The van der Waals surface area contributed by atoms with Crippen LogP contribution in [0.5, 0.6) is 0 Å². The summed E-state index contributed by atoms with van der Waals surface area (Å²) in [4.78, 5) is 17.3. The normalized spacial score (nSPS) is 19.8. The van der Waals surface area contributed by atoms with Gasteiger partial charge >= 0.3 is 6.18 Å². The number of amides is 1. The summed E-state index contributed by atoms with van der Waals surface area (Å²) in [6, 6.07) is 10.0. The third-order valence-electron chi connectivity index (χ3n) is 5.62. The predicted molar refractivity (Wildman–Crippen MR) is 107 cm³/mol. The van der Waals surface area contributed by atoms with Gasteiger partial charge in [0.1, 0.15) is 0 Å². The highest BCUT2D eigenvalue weighted by Gasteiger charge is 2.31. The number of para-hydroxylation sites is 1. The Morgan fingerprint density at radius 1 is 1.13 bits per heavy atom. The standard InChI is InChI=1S/C22H22F3N3O2/c1-13-4-2-7-18-19(13)28(16-8-10-17(29)11-9-16)21(26-18)27-20(30)14-5-3-6-15(12-14)22(23,24)25/h2-7,12,16-17,29H,8-11H2,1H3,(H,26,27,30). The average molecular weight is 417 g/mol. The summed E-state index contributed by atoms with van der Waals surface area (Å²) >= 11 is 0. The van der Waals surface area contributed by atoms with Crippen molar-refractivity contribution in [3.05, 3.63) is 59.2 Å². The second-order valence-corrected chi connectivity index (χ2v) is 7.74. The molecule has 1 fully saturated rings. The Morgan fingerprint density at radius 3 is 2.53 bits per heavy atom. The van der Waals surface area contributed by atoms with E-state index in [2.05, 4.69) is 10.3 Å². The molecule has 0 aliphatic heterocycles. The van der Waals surface area contributed by atoms with Gasteiger partial charge in [0.05, 0.1) is 22.7 Å². The van der Waals surface area contributed by atoms with Gasteiger partial charge in [0, 0.05) is 11.6 Å². The number of carbonyl (C=O) groups is 1. The second-order valence-electron chi connectivity index (χ2n) is 7.74. The Labute approximate surface area is 171 Å². The summed E-state index contributed by atoms with van der Waals surface area (Å²) in [7, 11) is 0. The van der Waals surface area contributed by atoms with Crippen LogP contribution in [0, 0.1) is 6.92 Å². The fraction of sp³-hybridized carbons (Fsp3) is 0.364. The number of aromatic nitrogens is 2. The molecule has 1 aliphatic carbocycles. The van der Waals surface area contributed by atoms with Gasteiger partial charge in [0.15, 0.2) is 0 Å². The number of alkyl halides is 3. The summed E-state index contributed by atoms with van der Waals surface area (Å²) in [5.41, 5.74) is 1.63. The van der Waals surface area contributed by atoms with E-state index in [0.29, 0.717) is 24.3 Å². The molecule has 2 aromatic carbocycles. The molecule has 2 N–H and O–H groups in total. The van der Waals surface area contributed by atoms with E-state index >= 15 is 0 Å². The molecule has 0 bridgehead atoms. The van der Waals surface area contributed by atoms with Crippen molar-refractivity contribution in [2.24, 2.45) is 0 Å². The van der Waals surface area contributed by atoms with Crippen LogP contribution < -0.4 is 5.32 Å². The van der Waals surface area contributed by atoms with Crippen LogP contribution in [-0.2, 0) is 6.18 Å². The molecule has 30 heavy (non-hydrogen) atoms. The first kappa shape index (κ1) is 20.4. The van der Waals surface area contributed by atoms with Crippen molar-refractivity contribution in [2.75, 3.05) is 5.32 Å². The molecule has 5 nitrogen and oxygen atoms in total. The molecule has 158 valence electrons. The van der Waals surface area contributed by atoms with Crippen LogP contribution in [0.25, 0.3) is 11.0 Å². The molecule has 0 atom stereocenters. The monoisotopic (exact) mass is 417 g/mol. The smallest absolute Gasteiger partial charge is 0.393 e. The van der Waals surface area contributed by atoms with Gasteiger partial charge in [0.2, 0.25) is 5.95 Å². The minimum Gasteiger partial charge on any atom is -0.393 e. The van der Waals surface area contributed by atoms with Crippen LogP contribution in [0.4, 0.5) is 19.1 Å². The number of benzene rings is 2. The molecule has 3 aromatic rings. The quantitative estimate of drug-likeness (QED) is 0.624. The van der Waals surface area contributed by atoms with E-state index in [0.717, 1.165) is 36.1 Å². The maximum Gasteiger partial charge on any atom is 0.416 e. The van der Waals surface area contributed by atoms with Gasteiger partial charge in [-0.25, -0.2) is 4.98 Å². The van der Waals surface area contributed by atoms with E-state index in [1.807, 2.05) is 29.7 Å². The van der Waals surface area contributed by atoms with Crippen molar-refractivity contribution >= 4 is 22.9 Å². The van der Waals surface area contributed by atoms with E-state index in [1.54, 1.807) is 0 Å². The van der Waals surface area contributed by atoms with Crippen molar-refractivity contribution in [1.29, 1.82) is 0 Å². The molecular weight excluding hydrogens is 395 g/mol. The third kappa shape index (κ3) is 3.92. The van der Waals surface area contributed by atoms with E-state index in [9.17, 15) is 23.1 Å². The molecule has 1 amide bonds. The molecule has 1 aliphatic rings. The first-order chi connectivity index (χ1) is 14.2. The lowest BCUT2D eigenvalue weighted by Crippen LogP contribution is -2.24. The largest absolute Gasteiger partial charge is 0.416 e. The molecule has 1 aromatic heterocycles. The molecule has 1 heterocycles. The van der Waals surface area contributed by atoms with Crippen molar-refractivity contribution in [3.63, 3.8) is 0 Å². The van der Waals surface area contributed by atoms with Crippen LogP contribution in [0.2, 0.25) is 0 Å². The molecule has 0 spiro atoms. The zero-order valence-electron chi connectivity index (χ0n) is 16.4. The third-order valence-corrected chi connectivity index (χ3v) is 5.62. The fourth-order valence-electron chi connectivity index (χ4n) is 4.09. The Hall–Kier alpha value is -2.87.